The van der Waals surface area contributed by atoms with Gasteiger partial charge in [-0.15, -0.1) is 0 Å². The molecule has 2 heteroatoms. The zero-order valence-corrected chi connectivity index (χ0v) is 11.9. The van der Waals surface area contributed by atoms with E-state index < -0.39 is 0 Å². The molecule has 0 bridgehead atoms. The molecule has 0 radical (unpaired) electrons. The lowest BCUT2D eigenvalue weighted by molar-refractivity contribution is -0.171. The Kier molecular flexibility index (Phi) is 3.95. The summed E-state index contributed by atoms with van der Waals surface area (Å²) in [6.45, 7) is 0. The van der Waals surface area contributed by atoms with Gasteiger partial charge < -0.3 is 9.47 Å². The zero-order valence-electron chi connectivity index (χ0n) is 11.9. The number of rotatable bonds is 2. The van der Waals surface area contributed by atoms with Crippen LogP contribution in [0.2, 0.25) is 0 Å². The van der Waals surface area contributed by atoms with E-state index in [0.717, 1.165) is 23.7 Å². The smallest absolute Gasteiger partial charge is 0.0866 e. The van der Waals surface area contributed by atoms with E-state index in [1.807, 2.05) is 14.2 Å². The standard InChI is InChI=1S/C16H28O2/c1-17-15-13-9-5-3-7-11(13)12-8-4-6-10-14(12)16(15)18-2/h11-16H,3-10H2,1-2H3/t11?,12?,13?,14?,15-,16-/m0/s1. The molecule has 0 aromatic rings. The van der Waals surface area contributed by atoms with Crippen LogP contribution in [0.25, 0.3) is 0 Å². The molecule has 3 fully saturated rings. The quantitative estimate of drug-likeness (QED) is 0.747. The van der Waals surface area contributed by atoms with E-state index in [1.165, 1.54) is 51.4 Å². The molecule has 0 aromatic heterocycles. The Morgan fingerprint density at radius 3 is 1.22 bits per heavy atom. The summed E-state index contributed by atoms with van der Waals surface area (Å²) in [4.78, 5) is 0. The van der Waals surface area contributed by atoms with Crippen molar-refractivity contribution in [1.82, 2.24) is 0 Å². The topological polar surface area (TPSA) is 18.5 Å². The van der Waals surface area contributed by atoms with Gasteiger partial charge in [0.25, 0.3) is 0 Å². The maximum Gasteiger partial charge on any atom is 0.0866 e. The number of hydrogen-bond acceptors (Lipinski definition) is 2. The molecule has 18 heavy (non-hydrogen) atoms. The van der Waals surface area contributed by atoms with E-state index in [-0.39, 0.29) is 0 Å². The van der Waals surface area contributed by atoms with Gasteiger partial charge in [-0.05, 0) is 49.4 Å². The molecule has 4 unspecified atom stereocenters. The van der Waals surface area contributed by atoms with Crippen LogP contribution in [-0.4, -0.2) is 26.4 Å². The second-order valence-electron chi connectivity index (χ2n) is 6.62. The predicted molar refractivity (Wildman–Crippen MR) is 72.5 cm³/mol. The van der Waals surface area contributed by atoms with Gasteiger partial charge in [-0.25, -0.2) is 0 Å². The summed E-state index contributed by atoms with van der Waals surface area (Å²) in [7, 11) is 3.79. The highest BCUT2D eigenvalue weighted by Crippen LogP contribution is 2.52. The number of methoxy groups -OCH3 is 2. The molecule has 3 aliphatic rings. The minimum absolute atomic E-state index is 0.361. The zero-order chi connectivity index (χ0) is 12.5. The first-order valence-electron chi connectivity index (χ1n) is 7.92. The summed E-state index contributed by atoms with van der Waals surface area (Å²) in [6, 6.07) is 0. The lowest BCUT2D eigenvalue weighted by Crippen LogP contribution is -2.55. The highest BCUT2D eigenvalue weighted by Gasteiger charge is 2.51. The first-order chi connectivity index (χ1) is 8.86. The maximum absolute atomic E-state index is 5.89. The third-order valence-electron chi connectivity index (χ3n) is 6.01. The van der Waals surface area contributed by atoms with E-state index in [0.29, 0.717) is 12.2 Å². The van der Waals surface area contributed by atoms with E-state index in [1.54, 1.807) is 0 Å². The largest absolute Gasteiger partial charge is 0.378 e. The van der Waals surface area contributed by atoms with Gasteiger partial charge in [0, 0.05) is 14.2 Å². The van der Waals surface area contributed by atoms with Crippen LogP contribution in [0.1, 0.15) is 51.4 Å². The highest BCUT2D eigenvalue weighted by molar-refractivity contribution is 5.01. The summed E-state index contributed by atoms with van der Waals surface area (Å²) < 4.78 is 11.8. The maximum atomic E-state index is 5.89. The number of ether oxygens (including phenoxy) is 2. The van der Waals surface area contributed by atoms with Crippen LogP contribution in [0.3, 0.4) is 0 Å². The van der Waals surface area contributed by atoms with Crippen molar-refractivity contribution in [3.8, 4) is 0 Å². The molecule has 0 N–H and O–H groups in total. The SMILES string of the molecule is CO[C@H]1C2CCCCC2C2CCCCC2[C@@H]1OC. The fourth-order valence-corrected chi connectivity index (χ4v) is 5.36. The molecule has 6 atom stereocenters. The van der Waals surface area contributed by atoms with Gasteiger partial charge in [-0.1, -0.05) is 25.7 Å². The molecule has 104 valence electrons. The summed E-state index contributed by atoms with van der Waals surface area (Å²) in [5, 5.41) is 0. The van der Waals surface area contributed by atoms with Gasteiger partial charge in [0.1, 0.15) is 0 Å². The van der Waals surface area contributed by atoms with E-state index >= 15 is 0 Å². The Hall–Kier alpha value is -0.0800. The summed E-state index contributed by atoms with van der Waals surface area (Å²) in [5.41, 5.74) is 0. The second-order valence-corrected chi connectivity index (χ2v) is 6.62. The van der Waals surface area contributed by atoms with Crippen molar-refractivity contribution in [3.63, 3.8) is 0 Å². The minimum atomic E-state index is 0.361. The van der Waals surface area contributed by atoms with Crippen molar-refractivity contribution in [2.45, 2.75) is 63.6 Å². The van der Waals surface area contributed by atoms with E-state index in [2.05, 4.69) is 0 Å². The molecular weight excluding hydrogens is 224 g/mol. The van der Waals surface area contributed by atoms with Gasteiger partial charge in [0.2, 0.25) is 0 Å². The highest BCUT2D eigenvalue weighted by atomic mass is 16.5. The average molecular weight is 252 g/mol. The molecule has 0 amide bonds. The van der Waals surface area contributed by atoms with Gasteiger partial charge in [0.15, 0.2) is 0 Å². The van der Waals surface area contributed by atoms with Crippen LogP contribution >= 0.6 is 0 Å². The fraction of sp³-hybridized carbons (Fsp3) is 1.00. The van der Waals surface area contributed by atoms with Gasteiger partial charge >= 0.3 is 0 Å². The number of fused-ring (bicyclic) bond motifs is 3. The Labute approximate surface area is 111 Å². The van der Waals surface area contributed by atoms with Crippen molar-refractivity contribution in [2.75, 3.05) is 14.2 Å². The molecular formula is C16H28O2. The molecule has 2 nitrogen and oxygen atoms in total. The third-order valence-corrected chi connectivity index (χ3v) is 6.01. The van der Waals surface area contributed by atoms with Crippen molar-refractivity contribution in [1.29, 1.82) is 0 Å². The van der Waals surface area contributed by atoms with Crippen LogP contribution < -0.4 is 0 Å². The summed E-state index contributed by atoms with van der Waals surface area (Å²) in [5.74, 6) is 3.40. The Morgan fingerprint density at radius 1 is 0.556 bits per heavy atom. The van der Waals surface area contributed by atoms with Crippen LogP contribution in [0.15, 0.2) is 0 Å². The molecule has 0 heterocycles. The fourth-order valence-electron chi connectivity index (χ4n) is 5.36. The lowest BCUT2D eigenvalue weighted by Gasteiger charge is -2.54. The van der Waals surface area contributed by atoms with Gasteiger partial charge in [0.05, 0.1) is 12.2 Å². The molecule has 3 rings (SSSR count). The Morgan fingerprint density at radius 2 is 0.889 bits per heavy atom. The first kappa shape index (κ1) is 12.9. The van der Waals surface area contributed by atoms with Gasteiger partial charge in [-0.3, -0.25) is 0 Å². The van der Waals surface area contributed by atoms with Crippen LogP contribution in [0, 0.1) is 23.7 Å². The summed E-state index contributed by atoms with van der Waals surface area (Å²) >= 11 is 0. The molecule has 0 saturated heterocycles. The van der Waals surface area contributed by atoms with Crippen molar-refractivity contribution < 1.29 is 9.47 Å². The second kappa shape index (κ2) is 5.50. The number of hydrogen-bond donors (Lipinski definition) is 0. The Balaban J connectivity index is 1.87. The lowest BCUT2D eigenvalue weighted by atomic mass is 9.55. The predicted octanol–water partition coefficient (Wildman–Crippen LogP) is 3.64. The molecule has 0 aliphatic heterocycles. The normalized spacial score (nSPS) is 48.3. The summed E-state index contributed by atoms with van der Waals surface area (Å²) in [6.07, 6.45) is 12.0. The minimum Gasteiger partial charge on any atom is -0.378 e. The molecule has 3 aliphatic carbocycles. The van der Waals surface area contributed by atoms with E-state index in [4.69, 9.17) is 9.47 Å². The Bertz CT molecular complexity index is 213. The molecule has 3 saturated carbocycles. The molecule has 0 aromatic carbocycles. The van der Waals surface area contributed by atoms with Gasteiger partial charge in [-0.2, -0.15) is 0 Å². The average Bonchev–Trinajstić information content (AvgIpc) is 2.45. The van der Waals surface area contributed by atoms with Crippen molar-refractivity contribution in [2.24, 2.45) is 23.7 Å². The van der Waals surface area contributed by atoms with Crippen molar-refractivity contribution >= 4 is 0 Å². The van der Waals surface area contributed by atoms with E-state index in [9.17, 15) is 0 Å². The first-order valence-corrected chi connectivity index (χ1v) is 7.92. The third kappa shape index (κ3) is 2.02. The van der Waals surface area contributed by atoms with Crippen LogP contribution in [-0.2, 0) is 9.47 Å². The van der Waals surface area contributed by atoms with Crippen molar-refractivity contribution in [3.05, 3.63) is 0 Å². The van der Waals surface area contributed by atoms with Crippen LogP contribution in [0.5, 0.6) is 0 Å². The monoisotopic (exact) mass is 252 g/mol. The van der Waals surface area contributed by atoms with Crippen LogP contribution in [0.4, 0.5) is 0 Å². The molecule has 0 spiro atoms.